The lowest BCUT2D eigenvalue weighted by atomic mass is 9.83. The van der Waals surface area contributed by atoms with Crippen molar-refractivity contribution in [3.05, 3.63) is 47.1 Å². The third-order valence-corrected chi connectivity index (χ3v) is 3.54. The number of hydrogen-bond acceptors (Lipinski definition) is 3. The van der Waals surface area contributed by atoms with Crippen molar-refractivity contribution in [3.8, 4) is 0 Å². The summed E-state index contributed by atoms with van der Waals surface area (Å²) in [7, 11) is 0. The Hall–Kier alpha value is -1.35. The van der Waals surface area contributed by atoms with Crippen LogP contribution < -0.4 is 0 Å². The van der Waals surface area contributed by atoms with Gasteiger partial charge in [0.1, 0.15) is 5.88 Å². The van der Waals surface area contributed by atoms with Gasteiger partial charge in [0, 0.05) is 5.92 Å². The molecule has 0 saturated carbocycles. The summed E-state index contributed by atoms with van der Waals surface area (Å²) in [6.07, 6.45) is 3.17. The van der Waals surface area contributed by atoms with E-state index in [4.69, 9.17) is 16.1 Å². The molecule has 1 heterocycles. The molecular weight excluding hydrogens is 236 g/mol. The van der Waals surface area contributed by atoms with Crippen LogP contribution in [0.5, 0.6) is 0 Å². The van der Waals surface area contributed by atoms with Crippen LogP contribution >= 0.6 is 11.6 Å². The highest BCUT2D eigenvalue weighted by molar-refractivity contribution is 6.16. The van der Waals surface area contributed by atoms with Crippen molar-refractivity contribution in [3.63, 3.8) is 0 Å². The number of nitrogens with zero attached hydrogens (tertiary/aromatic N) is 2. The molecule has 1 aromatic carbocycles. The van der Waals surface area contributed by atoms with Crippen molar-refractivity contribution >= 4 is 11.6 Å². The van der Waals surface area contributed by atoms with Gasteiger partial charge in [0.05, 0.1) is 0 Å². The van der Waals surface area contributed by atoms with Crippen LogP contribution in [0.15, 0.2) is 28.8 Å². The monoisotopic (exact) mass is 248 g/mol. The second kappa shape index (κ2) is 4.49. The number of aromatic nitrogens is 2. The number of benzene rings is 1. The van der Waals surface area contributed by atoms with Crippen LogP contribution in [0.4, 0.5) is 0 Å². The van der Waals surface area contributed by atoms with Crippen molar-refractivity contribution in [2.24, 2.45) is 0 Å². The van der Waals surface area contributed by atoms with Gasteiger partial charge in [-0.15, -0.1) is 11.6 Å². The predicted octanol–water partition coefficient (Wildman–Crippen LogP) is 3.08. The number of hydrogen-bond donors (Lipinski definition) is 0. The van der Waals surface area contributed by atoms with E-state index in [1.807, 2.05) is 0 Å². The van der Waals surface area contributed by atoms with Crippen molar-refractivity contribution in [2.75, 3.05) is 0 Å². The predicted molar refractivity (Wildman–Crippen MR) is 65.1 cm³/mol. The minimum Gasteiger partial charge on any atom is -0.338 e. The molecule has 0 bridgehead atoms. The molecule has 3 nitrogen and oxygen atoms in total. The van der Waals surface area contributed by atoms with E-state index in [0.29, 0.717) is 11.8 Å². The van der Waals surface area contributed by atoms with Crippen molar-refractivity contribution in [2.45, 2.75) is 31.1 Å². The molecule has 0 fully saturated rings. The molecule has 1 aliphatic rings. The molecule has 17 heavy (non-hydrogen) atoms. The number of rotatable bonds is 2. The van der Waals surface area contributed by atoms with Crippen LogP contribution in [0.25, 0.3) is 0 Å². The summed E-state index contributed by atoms with van der Waals surface area (Å²) in [5, 5.41) is 4.01. The van der Waals surface area contributed by atoms with Crippen molar-refractivity contribution in [1.29, 1.82) is 0 Å². The van der Waals surface area contributed by atoms with E-state index in [2.05, 4.69) is 34.4 Å². The van der Waals surface area contributed by atoms with Crippen LogP contribution in [0.3, 0.4) is 0 Å². The summed E-state index contributed by atoms with van der Waals surface area (Å²) >= 11 is 5.66. The molecule has 3 rings (SSSR count). The number of fused-ring (bicyclic) bond motifs is 1. The lowest BCUT2D eigenvalue weighted by Crippen LogP contribution is -2.13. The van der Waals surface area contributed by atoms with E-state index in [-0.39, 0.29) is 5.88 Å². The molecule has 1 unspecified atom stereocenters. The Bertz CT molecular complexity index is 524. The Morgan fingerprint density at radius 3 is 2.88 bits per heavy atom. The van der Waals surface area contributed by atoms with Crippen LogP contribution in [0.2, 0.25) is 0 Å². The van der Waals surface area contributed by atoms with Gasteiger partial charge in [-0.25, -0.2) is 0 Å². The van der Waals surface area contributed by atoms with Crippen LogP contribution in [0, 0.1) is 0 Å². The summed E-state index contributed by atoms with van der Waals surface area (Å²) in [6, 6.07) is 8.57. The number of halogens is 1. The van der Waals surface area contributed by atoms with E-state index >= 15 is 0 Å². The Morgan fingerprint density at radius 2 is 2.12 bits per heavy atom. The van der Waals surface area contributed by atoms with Gasteiger partial charge in [0.2, 0.25) is 5.89 Å². The zero-order chi connectivity index (χ0) is 11.7. The molecule has 1 aromatic heterocycles. The van der Waals surface area contributed by atoms with Crippen molar-refractivity contribution < 1.29 is 4.52 Å². The zero-order valence-corrected chi connectivity index (χ0v) is 10.2. The summed E-state index contributed by atoms with van der Waals surface area (Å²) in [4.78, 5) is 4.32. The van der Waals surface area contributed by atoms with Crippen LogP contribution in [-0.4, -0.2) is 10.1 Å². The van der Waals surface area contributed by atoms with E-state index in [0.717, 1.165) is 25.1 Å². The van der Waals surface area contributed by atoms with Gasteiger partial charge >= 0.3 is 0 Å². The zero-order valence-electron chi connectivity index (χ0n) is 9.40. The summed E-state index contributed by atoms with van der Waals surface area (Å²) < 4.78 is 5.06. The molecule has 4 heteroatoms. The first-order chi connectivity index (χ1) is 8.36. The highest BCUT2D eigenvalue weighted by Crippen LogP contribution is 2.31. The van der Waals surface area contributed by atoms with Gasteiger partial charge in [0.15, 0.2) is 5.82 Å². The molecule has 1 atom stereocenters. The first-order valence-electron chi connectivity index (χ1n) is 5.82. The maximum absolute atomic E-state index is 5.66. The minimum absolute atomic E-state index is 0.288. The first kappa shape index (κ1) is 10.8. The fraction of sp³-hybridized carbons (Fsp3) is 0.385. The molecule has 88 valence electrons. The third-order valence-electron chi connectivity index (χ3n) is 3.31. The average molecular weight is 249 g/mol. The topological polar surface area (TPSA) is 38.9 Å². The Balaban J connectivity index is 1.84. The van der Waals surface area contributed by atoms with E-state index < -0.39 is 0 Å². The quantitative estimate of drug-likeness (QED) is 0.767. The maximum Gasteiger partial charge on any atom is 0.241 e. The highest BCUT2D eigenvalue weighted by Gasteiger charge is 2.23. The molecule has 1 aliphatic carbocycles. The lowest BCUT2D eigenvalue weighted by Gasteiger charge is -2.21. The molecule has 0 radical (unpaired) electrons. The Labute approximate surface area is 105 Å². The molecule has 0 amide bonds. The fourth-order valence-corrected chi connectivity index (χ4v) is 2.51. The molecule has 0 spiro atoms. The normalized spacial score (nSPS) is 19.0. The van der Waals surface area contributed by atoms with Gasteiger partial charge in [-0.05, 0) is 30.4 Å². The van der Waals surface area contributed by atoms with E-state index in [1.54, 1.807) is 0 Å². The molecule has 0 saturated heterocycles. The lowest BCUT2D eigenvalue weighted by molar-refractivity contribution is 0.377. The number of alkyl halides is 1. The van der Waals surface area contributed by atoms with Crippen LogP contribution in [0.1, 0.15) is 35.2 Å². The van der Waals surface area contributed by atoms with Gasteiger partial charge < -0.3 is 4.52 Å². The first-order valence-corrected chi connectivity index (χ1v) is 6.35. The van der Waals surface area contributed by atoms with E-state index in [1.165, 1.54) is 11.1 Å². The molecule has 2 aromatic rings. The fourth-order valence-electron chi connectivity index (χ4n) is 2.41. The summed E-state index contributed by atoms with van der Waals surface area (Å²) in [5.74, 6) is 1.97. The van der Waals surface area contributed by atoms with Gasteiger partial charge in [-0.2, -0.15) is 4.98 Å². The Morgan fingerprint density at radius 1 is 1.29 bits per heavy atom. The van der Waals surface area contributed by atoms with Crippen LogP contribution in [-0.2, 0) is 18.7 Å². The van der Waals surface area contributed by atoms with Crippen molar-refractivity contribution in [1.82, 2.24) is 10.1 Å². The Kier molecular flexibility index (Phi) is 2.85. The maximum atomic E-state index is 5.66. The minimum atomic E-state index is 0.288. The number of aryl methyl sites for hydroxylation is 1. The highest BCUT2D eigenvalue weighted by atomic mass is 35.5. The van der Waals surface area contributed by atoms with Gasteiger partial charge in [-0.3, -0.25) is 0 Å². The summed E-state index contributed by atoms with van der Waals surface area (Å²) in [5.41, 5.74) is 2.85. The third kappa shape index (κ3) is 2.07. The molecule has 0 aliphatic heterocycles. The second-order valence-electron chi connectivity index (χ2n) is 4.39. The van der Waals surface area contributed by atoms with Gasteiger partial charge in [0.25, 0.3) is 0 Å². The average Bonchev–Trinajstić information content (AvgIpc) is 2.87. The van der Waals surface area contributed by atoms with Gasteiger partial charge in [-0.1, -0.05) is 29.4 Å². The molecule has 0 N–H and O–H groups in total. The molecular formula is C13H13ClN2O. The smallest absolute Gasteiger partial charge is 0.241 e. The standard InChI is InChI=1S/C13H13ClN2O/c14-8-12-15-13(16-17-12)11-6-5-9-3-1-2-4-10(9)7-11/h1-4,11H,5-8H2. The summed E-state index contributed by atoms with van der Waals surface area (Å²) in [6.45, 7) is 0. The SMILES string of the molecule is ClCc1nc(C2CCc3ccccc3C2)no1. The largest absolute Gasteiger partial charge is 0.338 e. The van der Waals surface area contributed by atoms with E-state index in [9.17, 15) is 0 Å². The second-order valence-corrected chi connectivity index (χ2v) is 4.66.